The van der Waals surface area contributed by atoms with Gasteiger partial charge in [0.1, 0.15) is 17.9 Å². The van der Waals surface area contributed by atoms with Crippen LogP contribution in [-0.4, -0.2) is 41.6 Å². The molecule has 25 heavy (non-hydrogen) atoms. The summed E-state index contributed by atoms with van der Waals surface area (Å²) in [5.41, 5.74) is 5.82. The van der Waals surface area contributed by atoms with E-state index in [1.807, 2.05) is 35.1 Å². The van der Waals surface area contributed by atoms with E-state index in [-0.39, 0.29) is 11.7 Å². The highest BCUT2D eigenvalue weighted by molar-refractivity contribution is 7.89. The summed E-state index contributed by atoms with van der Waals surface area (Å²) >= 11 is 1.50. The van der Waals surface area contributed by atoms with Gasteiger partial charge < -0.3 is 5.73 Å². The van der Waals surface area contributed by atoms with Crippen LogP contribution in [0.25, 0.3) is 16.0 Å². The van der Waals surface area contributed by atoms with E-state index in [2.05, 4.69) is 15.1 Å². The number of nitrogens with two attached hydrogens (primary N) is 1. The van der Waals surface area contributed by atoms with Crippen LogP contribution >= 0.6 is 11.3 Å². The molecule has 4 rings (SSSR count). The molecule has 0 spiro atoms. The molecule has 0 unspecified atom stereocenters. The summed E-state index contributed by atoms with van der Waals surface area (Å²) in [7, 11) is -2.06. The normalized spacial score (nSPS) is 23.0. The predicted octanol–water partition coefficient (Wildman–Crippen LogP) is 0.706. The summed E-state index contributed by atoms with van der Waals surface area (Å²) < 4.78 is 28.5. The Morgan fingerprint density at radius 1 is 1.44 bits per heavy atom. The summed E-state index contributed by atoms with van der Waals surface area (Å²) in [4.78, 5) is 9.58. The van der Waals surface area contributed by atoms with Crippen LogP contribution in [-0.2, 0) is 15.6 Å². The van der Waals surface area contributed by atoms with E-state index in [9.17, 15) is 8.42 Å². The highest BCUT2D eigenvalue weighted by Gasteiger charge is 2.41. The van der Waals surface area contributed by atoms with Crippen molar-refractivity contribution in [3.8, 4) is 5.82 Å². The maximum Gasteiger partial charge on any atom is 0.346 e. The van der Waals surface area contributed by atoms with E-state index >= 15 is 0 Å². The van der Waals surface area contributed by atoms with Gasteiger partial charge in [0.2, 0.25) is 16.0 Å². The average Bonchev–Trinajstić information content (AvgIpc) is 3.12. The van der Waals surface area contributed by atoms with Crippen LogP contribution in [0.5, 0.6) is 0 Å². The Kier molecular flexibility index (Phi) is 3.38. The first-order valence-electron chi connectivity index (χ1n) is 7.57. The minimum Gasteiger partial charge on any atom is -0.369 e. The van der Waals surface area contributed by atoms with Gasteiger partial charge in [-0.3, -0.25) is 0 Å². The lowest BCUT2D eigenvalue weighted by atomic mass is 10.0. The fraction of sp³-hybridized carbons (Fsp3) is 0.267. The maximum absolute atomic E-state index is 12.3. The molecule has 8 nitrogen and oxygen atoms in total. The zero-order valence-electron chi connectivity index (χ0n) is 13.7. The molecule has 10 heteroatoms. The van der Waals surface area contributed by atoms with E-state index < -0.39 is 15.6 Å². The van der Waals surface area contributed by atoms with Gasteiger partial charge in [0.25, 0.3) is 0 Å². The molecule has 0 saturated heterocycles. The minimum absolute atomic E-state index is 0.00867. The number of guanidine groups is 1. The molecule has 0 amide bonds. The topological polar surface area (TPSA) is 108 Å². The largest absolute Gasteiger partial charge is 0.369 e. The molecule has 0 aromatic carbocycles. The first-order chi connectivity index (χ1) is 11.8. The summed E-state index contributed by atoms with van der Waals surface area (Å²) in [6.07, 6.45) is 3.66. The number of fused-ring (bicyclic) bond motifs is 1. The van der Waals surface area contributed by atoms with Gasteiger partial charge in [-0.15, -0.1) is 16.0 Å². The lowest BCUT2D eigenvalue weighted by Crippen LogP contribution is -2.50. The Morgan fingerprint density at radius 3 is 2.88 bits per heavy atom. The summed E-state index contributed by atoms with van der Waals surface area (Å²) in [5, 5.41) is 3.25. The van der Waals surface area contributed by atoms with Crippen molar-refractivity contribution in [3.05, 3.63) is 41.5 Å². The van der Waals surface area contributed by atoms with Gasteiger partial charge in [-0.05, 0) is 24.0 Å². The van der Waals surface area contributed by atoms with Crippen LogP contribution in [0, 0.1) is 0 Å². The number of nitrogens with zero attached hydrogens (tertiary/aromatic N) is 4. The first-order valence-corrected chi connectivity index (χ1v) is 9.99. The zero-order valence-corrected chi connectivity index (χ0v) is 15.3. The van der Waals surface area contributed by atoms with Crippen molar-refractivity contribution in [3.63, 3.8) is 0 Å². The monoisotopic (exact) mass is 377 g/mol. The minimum atomic E-state index is -3.48. The lowest BCUT2D eigenvalue weighted by molar-refractivity contribution is -0.656. The molecule has 3 N–H and O–H groups in total. The van der Waals surface area contributed by atoms with E-state index in [0.717, 1.165) is 25.2 Å². The molecule has 0 saturated carbocycles. The van der Waals surface area contributed by atoms with Crippen molar-refractivity contribution in [2.45, 2.75) is 12.5 Å². The molecule has 4 heterocycles. The second kappa shape index (κ2) is 5.27. The van der Waals surface area contributed by atoms with Crippen LogP contribution in [0.4, 0.5) is 0 Å². The van der Waals surface area contributed by atoms with Gasteiger partial charge in [0, 0.05) is 18.0 Å². The number of hydrogen-bond donors (Lipinski definition) is 2. The Hall–Kier alpha value is -2.46. The molecular weight excluding hydrogens is 360 g/mol. The van der Waals surface area contributed by atoms with Crippen molar-refractivity contribution < 1.29 is 13.1 Å². The molecule has 0 aliphatic carbocycles. The van der Waals surface area contributed by atoms with Gasteiger partial charge in [-0.25, -0.2) is 22.8 Å². The number of H-pyrrole nitrogens is 1. The number of rotatable bonds is 2. The van der Waals surface area contributed by atoms with Crippen molar-refractivity contribution in [2.75, 3.05) is 12.8 Å². The third kappa shape index (κ3) is 2.57. The molecule has 1 atom stereocenters. The SMILES string of the molecule is CN1C(N)=N[C@](C)(c2cc3[nH][n+](-c4ccccn4)cc3s2)CS1(=O)=O. The van der Waals surface area contributed by atoms with Crippen LogP contribution in [0.2, 0.25) is 0 Å². The van der Waals surface area contributed by atoms with Crippen molar-refractivity contribution in [1.29, 1.82) is 0 Å². The molecule has 1 aliphatic heterocycles. The van der Waals surface area contributed by atoms with Crippen LogP contribution in [0.1, 0.15) is 11.8 Å². The van der Waals surface area contributed by atoms with E-state index in [1.54, 1.807) is 13.1 Å². The number of nitrogens with one attached hydrogen (secondary N) is 1. The Morgan fingerprint density at radius 2 is 2.24 bits per heavy atom. The smallest absolute Gasteiger partial charge is 0.346 e. The summed E-state index contributed by atoms with van der Waals surface area (Å²) in [5.74, 6) is 0.678. The Bertz CT molecular complexity index is 1050. The van der Waals surface area contributed by atoms with E-state index in [1.165, 1.54) is 18.4 Å². The van der Waals surface area contributed by atoms with Crippen LogP contribution < -0.4 is 10.4 Å². The fourth-order valence-corrected chi connectivity index (χ4v) is 5.49. The number of aromatic nitrogens is 3. The van der Waals surface area contributed by atoms with Gasteiger partial charge in [-0.1, -0.05) is 6.07 Å². The molecule has 0 fully saturated rings. The number of hydrogen-bond acceptors (Lipinski definition) is 6. The number of thiophene rings is 1. The fourth-order valence-electron chi connectivity index (χ4n) is 2.83. The Labute approximate surface area is 148 Å². The average molecular weight is 377 g/mol. The van der Waals surface area contributed by atoms with E-state index in [4.69, 9.17) is 5.73 Å². The van der Waals surface area contributed by atoms with Crippen molar-refractivity contribution in [1.82, 2.24) is 14.4 Å². The van der Waals surface area contributed by atoms with Crippen molar-refractivity contribution in [2.24, 2.45) is 10.7 Å². The maximum atomic E-state index is 12.3. The second-order valence-electron chi connectivity index (χ2n) is 6.15. The third-order valence-corrected chi connectivity index (χ3v) is 7.51. The highest BCUT2D eigenvalue weighted by Crippen LogP contribution is 2.38. The molecule has 1 aliphatic rings. The molecule has 0 radical (unpaired) electrons. The molecular formula is C15H17N6O2S2+. The van der Waals surface area contributed by atoms with Gasteiger partial charge in [-0.2, -0.15) is 0 Å². The lowest BCUT2D eigenvalue weighted by Gasteiger charge is -2.33. The number of sulfonamides is 1. The quantitative estimate of drug-likeness (QED) is 0.641. The molecule has 130 valence electrons. The Balaban J connectivity index is 1.77. The summed E-state index contributed by atoms with van der Waals surface area (Å²) in [6.45, 7) is 1.79. The molecule has 3 aromatic rings. The van der Waals surface area contributed by atoms with Gasteiger partial charge >= 0.3 is 5.82 Å². The second-order valence-corrected chi connectivity index (χ2v) is 9.24. The van der Waals surface area contributed by atoms with Crippen molar-refractivity contribution >= 4 is 37.5 Å². The predicted molar refractivity (Wildman–Crippen MR) is 96.0 cm³/mol. The zero-order chi connectivity index (χ0) is 17.8. The number of pyridine rings is 1. The number of aromatic amines is 1. The van der Waals surface area contributed by atoms with Gasteiger partial charge in [0.05, 0.1) is 16.0 Å². The standard InChI is InChI=1S/C15H16N6O2S2/c1-15(9-25(22,23)20(2)14(16)18-15)12-7-10-11(24-12)8-21(19-10)13-5-3-4-6-17-13/h3-8H,9H2,1-2H3,(H2,16,18)/p+1/t15-/m0/s1. The van der Waals surface area contributed by atoms with E-state index in [0.29, 0.717) is 0 Å². The third-order valence-electron chi connectivity index (χ3n) is 4.24. The van der Waals surface area contributed by atoms with Crippen LogP contribution in [0.3, 0.4) is 0 Å². The summed E-state index contributed by atoms with van der Waals surface area (Å²) in [6, 6.07) is 7.60. The number of aliphatic imine (C=N–C) groups is 1. The molecule has 3 aromatic heterocycles. The van der Waals surface area contributed by atoms with Gasteiger partial charge in [0.15, 0.2) is 0 Å². The molecule has 0 bridgehead atoms. The highest BCUT2D eigenvalue weighted by atomic mass is 32.2. The van der Waals surface area contributed by atoms with Crippen LogP contribution in [0.15, 0.2) is 41.7 Å². The first kappa shape index (κ1) is 16.0.